The van der Waals surface area contributed by atoms with E-state index in [1.165, 1.54) is 61.2 Å². The molecule has 12 heteroatoms. The molecule has 2 heterocycles. The van der Waals surface area contributed by atoms with E-state index in [0.29, 0.717) is 23.6 Å². The second-order valence-corrected chi connectivity index (χ2v) is 9.64. The van der Waals surface area contributed by atoms with Gasteiger partial charge in [0.15, 0.2) is 0 Å². The van der Waals surface area contributed by atoms with Crippen LogP contribution < -0.4 is 25.9 Å². The Kier molecular flexibility index (Phi) is 6.86. The van der Waals surface area contributed by atoms with Crippen LogP contribution in [0, 0.1) is 5.82 Å². The third-order valence-electron chi connectivity index (χ3n) is 5.78. The predicted molar refractivity (Wildman–Crippen MR) is 139 cm³/mol. The van der Waals surface area contributed by atoms with Crippen LogP contribution in [0.25, 0.3) is 22.3 Å². The van der Waals surface area contributed by atoms with Crippen LogP contribution >= 0.6 is 0 Å². The first-order valence-corrected chi connectivity index (χ1v) is 12.6. The van der Waals surface area contributed by atoms with Crippen LogP contribution in [0.5, 0.6) is 5.75 Å². The minimum atomic E-state index is -4.08. The summed E-state index contributed by atoms with van der Waals surface area (Å²) in [5.41, 5.74) is 6.03. The fraction of sp³-hybridized carbons (Fsp3) is 0.160. The summed E-state index contributed by atoms with van der Waals surface area (Å²) in [4.78, 5) is 29.6. The Morgan fingerprint density at radius 2 is 1.92 bits per heavy atom. The number of halogens is 1. The first kappa shape index (κ1) is 25.6. The van der Waals surface area contributed by atoms with E-state index in [1.54, 1.807) is 13.0 Å². The normalized spacial score (nSPS) is 11.4. The van der Waals surface area contributed by atoms with Gasteiger partial charge in [-0.2, -0.15) is 0 Å². The van der Waals surface area contributed by atoms with Gasteiger partial charge in [-0.15, -0.1) is 0 Å². The molecule has 0 saturated heterocycles. The van der Waals surface area contributed by atoms with E-state index in [2.05, 4.69) is 15.0 Å². The van der Waals surface area contributed by atoms with Gasteiger partial charge in [0.25, 0.3) is 15.9 Å². The van der Waals surface area contributed by atoms with E-state index in [9.17, 15) is 22.4 Å². The molecule has 0 radical (unpaired) electrons. The lowest BCUT2D eigenvalue weighted by Gasteiger charge is -2.16. The van der Waals surface area contributed by atoms with Gasteiger partial charge in [-0.05, 0) is 43.3 Å². The number of nitrogens with zero attached hydrogens (tertiary/aromatic N) is 2. The molecule has 4 aromatic rings. The number of nitrogen functional groups attached to an aromatic ring is 1. The van der Waals surface area contributed by atoms with Crippen molar-refractivity contribution < 1.29 is 22.3 Å². The largest absolute Gasteiger partial charge is 0.497 e. The van der Waals surface area contributed by atoms with E-state index in [4.69, 9.17) is 10.5 Å². The zero-order chi connectivity index (χ0) is 26.9. The van der Waals surface area contributed by atoms with Crippen molar-refractivity contribution in [2.24, 2.45) is 0 Å². The fourth-order valence-electron chi connectivity index (χ4n) is 3.89. The zero-order valence-electron chi connectivity index (χ0n) is 20.2. The summed E-state index contributed by atoms with van der Waals surface area (Å²) in [6.45, 7) is 2.10. The monoisotopic (exact) mass is 525 g/mol. The number of methoxy groups -OCH3 is 1. The van der Waals surface area contributed by atoms with Crippen molar-refractivity contribution in [2.45, 2.75) is 18.4 Å². The van der Waals surface area contributed by atoms with Crippen molar-refractivity contribution in [3.05, 3.63) is 76.2 Å². The molecule has 10 nitrogen and oxygen atoms in total. The first-order valence-electron chi connectivity index (χ1n) is 11.1. The Morgan fingerprint density at radius 1 is 1.16 bits per heavy atom. The van der Waals surface area contributed by atoms with Gasteiger partial charge < -0.3 is 20.4 Å². The average molecular weight is 526 g/mol. The molecule has 0 fully saturated rings. The summed E-state index contributed by atoms with van der Waals surface area (Å²) in [6, 6.07) is 12.7. The molecular weight excluding hydrogens is 501 g/mol. The molecule has 0 saturated carbocycles. The molecule has 4 N–H and O–H groups in total. The Hall–Kier alpha value is -4.45. The van der Waals surface area contributed by atoms with Gasteiger partial charge in [-0.3, -0.25) is 14.3 Å². The number of hydrogen-bond donors (Lipinski definition) is 3. The van der Waals surface area contributed by atoms with Crippen molar-refractivity contribution in [3.63, 3.8) is 0 Å². The second-order valence-electron chi connectivity index (χ2n) is 7.96. The maximum atomic E-state index is 15.0. The van der Waals surface area contributed by atoms with Crippen molar-refractivity contribution in [1.29, 1.82) is 0 Å². The molecule has 0 aliphatic rings. The van der Waals surface area contributed by atoms with Crippen LogP contribution in [-0.2, 0) is 16.6 Å². The number of benzene rings is 2. The van der Waals surface area contributed by atoms with Crippen LogP contribution in [0.3, 0.4) is 0 Å². The van der Waals surface area contributed by atoms with Crippen LogP contribution in [0.2, 0.25) is 0 Å². The minimum absolute atomic E-state index is 0.0301. The van der Waals surface area contributed by atoms with E-state index in [0.717, 1.165) is 6.07 Å². The number of fused-ring (bicyclic) bond motifs is 1. The van der Waals surface area contributed by atoms with E-state index in [-0.39, 0.29) is 33.0 Å². The van der Waals surface area contributed by atoms with Gasteiger partial charge >= 0.3 is 0 Å². The van der Waals surface area contributed by atoms with Crippen LogP contribution in [-0.4, -0.2) is 38.0 Å². The maximum Gasteiger partial charge on any atom is 0.262 e. The molecule has 0 unspecified atom stereocenters. The van der Waals surface area contributed by atoms with Crippen LogP contribution in [0.4, 0.5) is 15.9 Å². The number of rotatable bonds is 7. The number of nitrogens with one attached hydrogen (secondary N) is 2. The van der Waals surface area contributed by atoms with Gasteiger partial charge in [-0.25, -0.2) is 17.8 Å². The van der Waals surface area contributed by atoms with E-state index < -0.39 is 27.2 Å². The molecule has 192 valence electrons. The molecule has 2 aromatic carbocycles. The number of pyridine rings is 2. The second kappa shape index (κ2) is 9.90. The molecule has 0 bridgehead atoms. The van der Waals surface area contributed by atoms with E-state index >= 15 is 0 Å². The number of amides is 1. The standard InChI is InChI=1S/C25H24FN5O5S/c1-4-31-23(27)21(25(33)28-2)22(32)17-9-11-19(29-24(17)31)14-8-10-20(18(26)12-14)30-37(34,35)16-7-5-6-15(13-16)36-3/h5-13,30H,4,27H2,1-3H3,(H,28,33). The lowest BCUT2D eigenvalue weighted by molar-refractivity contribution is 0.0962. The summed E-state index contributed by atoms with van der Waals surface area (Å²) in [6.07, 6.45) is 0. The van der Waals surface area contributed by atoms with Gasteiger partial charge in [0.2, 0.25) is 5.43 Å². The van der Waals surface area contributed by atoms with Crippen molar-refractivity contribution in [1.82, 2.24) is 14.9 Å². The Balaban J connectivity index is 1.74. The predicted octanol–water partition coefficient (Wildman–Crippen LogP) is 2.97. The first-order chi connectivity index (χ1) is 17.6. The third kappa shape index (κ3) is 4.70. The smallest absolute Gasteiger partial charge is 0.262 e. The topological polar surface area (TPSA) is 145 Å². The minimum Gasteiger partial charge on any atom is -0.497 e. The maximum absolute atomic E-state index is 15.0. The summed E-state index contributed by atoms with van der Waals surface area (Å²) in [5, 5.41) is 2.59. The van der Waals surface area contributed by atoms with Crippen LogP contribution in [0.1, 0.15) is 17.3 Å². The number of aromatic nitrogens is 2. The molecule has 37 heavy (non-hydrogen) atoms. The Bertz CT molecular complexity index is 1700. The van der Waals surface area contributed by atoms with Gasteiger partial charge in [0.1, 0.15) is 28.6 Å². The number of carbonyl (C=O) groups is 1. The highest BCUT2D eigenvalue weighted by atomic mass is 32.2. The molecule has 0 aliphatic carbocycles. The summed E-state index contributed by atoms with van der Waals surface area (Å²) in [5.74, 6) is -1.12. The number of sulfonamides is 1. The zero-order valence-corrected chi connectivity index (χ0v) is 21.0. The SMILES string of the molecule is CCn1c(N)c(C(=O)NC)c(=O)c2ccc(-c3ccc(NS(=O)(=O)c4cccc(OC)c4)c(F)c3)nc21. The number of nitrogens with two attached hydrogens (primary N) is 1. The Morgan fingerprint density at radius 3 is 2.57 bits per heavy atom. The highest BCUT2D eigenvalue weighted by Crippen LogP contribution is 2.28. The molecule has 0 aliphatic heterocycles. The Labute approximate surface area is 212 Å². The highest BCUT2D eigenvalue weighted by Gasteiger charge is 2.21. The lowest BCUT2D eigenvalue weighted by atomic mass is 10.1. The number of hydrogen-bond acceptors (Lipinski definition) is 7. The van der Waals surface area contributed by atoms with Gasteiger partial charge in [0, 0.05) is 25.2 Å². The fourth-order valence-corrected chi connectivity index (χ4v) is 4.99. The summed E-state index contributed by atoms with van der Waals surface area (Å²) < 4.78 is 49.3. The van der Waals surface area contributed by atoms with Crippen molar-refractivity contribution in [2.75, 3.05) is 24.6 Å². The lowest BCUT2D eigenvalue weighted by Crippen LogP contribution is -2.30. The number of ether oxygens (including phenoxy) is 1. The average Bonchev–Trinajstić information content (AvgIpc) is 2.89. The summed E-state index contributed by atoms with van der Waals surface area (Å²) in [7, 11) is -1.27. The number of aryl methyl sites for hydroxylation is 1. The molecule has 0 spiro atoms. The third-order valence-corrected chi connectivity index (χ3v) is 7.14. The van der Waals surface area contributed by atoms with Crippen molar-refractivity contribution >= 4 is 38.5 Å². The quantitative estimate of drug-likeness (QED) is 0.336. The van der Waals surface area contributed by atoms with E-state index in [1.807, 2.05) is 0 Å². The van der Waals surface area contributed by atoms with Crippen molar-refractivity contribution in [3.8, 4) is 17.0 Å². The van der Waals surface area contributed by atoms with Gasteiger partial charge in [0.05, 0.1) is 28.8 Å². The molecule has 1 amide bonds. The number of anilines is 2. The highest BCUT2D eigenvalue weighted by molar-refractivity contribution is 7.92. The van der Waals surface area contributed by atoms with Gasteiger partial charge in [-0.1, -0.05) is 12.1 Å². The molecular formula is C25H24FN5O5S. The van der Waals surface area contributed by atoms with Crippen LogP contribution in [0.15, 0.2) is 64.3 Å². The molecule has 2 aromatic heterocycles. The molecule has 0 atom stereocenters. The molecule has 4 rings (SSSR count). The number of carbonyl (C=O) groups excluding carboxylic acids is 1. The summed E-state index contributed by atoms with van der Waals surface area (Å²) >= 11 is 0.